The summed E-state index contributed by atoms with van der Waals surface area (Å²) in [5, 5.41) is 9.40. The Bertz CT molecular complexity index is 805. The molecule has 0 atom stereocenters. The van der Waals surface area contributed by atoms with Gasteiger partial charge in [-0.05, 0) is 35.4 Å². The first kappa shape index (κ1) is 19.6. The second-order valence-electron chi connectivity index (χ2n) is 6.34. The molecule has 0 radical (unpaired) electrons. The molecule has 1 heterocycles. The standard InChI is InChI=1S/C19H22ClN3O4/c20-16-11-15(5-6-17(16)27-19(21,22)12-24)13-1-3-14(4-2-13)18(25)23-7-9-26-10-8-23/h1-6,11,24H,7-10,12,21-22H2. The Morgan fingerprint density at radius 3 is 2.37 bits per heavy atom. The number of aliphatic hydroxyl groups excluding tert-OH is 1. The monoisotopic (exact) mass is 391 g/mol. The molecule has 8 heteroatoms. The molecule has 0 unspecified atom stereocenters. The number of ether oxygens (including phenoxy) is 2. The predicted molar refractivity (Wildman–Crippen MR) is 102 cm³/mol. The van der Waals surface area contributed by atoms with Crippen molar-refractivity contribution >= 4 is 17.5 Å². The number of benzene rings is 2. The number of carbonyl (C=O) groups is 1. The molecule has 2 aromatic rings. The zero-order chi connectivity index (χ0) is 19.4. The van der Waals surface area contributed by atoms with Crippen molar-refractivity contribution in [1.82, 2.24) is 4.90 Å². The van der Waals surface area contributed by atoms with Crippen LogP contribution in [0, 0.1) is 0 Å². The highest BCUT2D eigenvalue weighted by atomic mass is 35.5. The number of carbonyl (C=O) groups excluding carboxylic acids is 1. The van der Waals surface area contributed by atoms with Crippen molar-refractivity contribution < 1.29 is 19.4 Å². The molecule has 1 aliphatic heterocycles. The summed E-state index contributed by atoms with van der Waals surface area (Å²) in [5.74, 6) is -1.43. The van der Waals surface area contributed by atoms with Gasteiger partial charge in [-0.1, -0.05) is 29.8 Å². The first-order chi connectivity index (χ1) is 12.9. The highest BCUT2D eigenvalue weighted by molar-refractivity contribution is 6.32. The second-order valence-corrected chi connectivity index (χ2v) is 6.75. The summed E-state index contributed by atoms with van der Waals surface area (Å²) in [6.07, 6.45) is 0. The second kappa shape index (κ2) is 8.24. The van der Waals surface area contributed by atoms with E-state index in [1.54, 1.807) is 35.2 Å². The largest absolute Gasteiger partial charge is 0.456 e. The van der Waals surface area contributed by atoms with Crippen LogP contribution in [0.25, 0.3) is 11.1 Å². The molecule has 27 heavy (non-hydrogen) atoms. The van der Waals surface area contributed by atoms with Crippen LogP contribution >= 0.6 is 11.6 Å². The number of hydrogen-bond donors (Lipinski definition) is 3. The van der Waals surface area contributed by atoms with Crippen LogP contribution in [0.2, 0.25) is 5.02 Å². The van der Waals surface area contributed by atoms with E-state index in [2.05, 4.69) is 0 Å². The lowest BCUT2D eigenvalue weighted by Crippen LogP contribution is -2.57. The third-order valence-corrected chi connectivity index (χ3v) is 4.54. The highest BCUT2D eigenvalue weighted by Crippen LogP contribution is 2.31. The lowest BCUT2D eigenvalue weighted by Gasteiger charge is -2.26. The fraction of sp³-hybridized carbons (Fsp3) is 0.316. The molecule has 7 nitrogen and oxygen atoms in total. The van der Waals surface area contributed by atoms with Crippen LogP contribution in [0.5, 0.6) is 5.75 Å². The average molecular weight is 392 g/mol. The zero-order valence-electron chi connectivity index (χ0n) is 14.7. The number of nitrogens with two attached hydrogens (primary N) is 2. The fourth-order valence-corrected chi connectivity index (χ4v) is 2.97. The SMILES string of the molecule is NC(N)(CO)Oc1ccc(-c2ccc(C(=O)N3CCOCC3)cc2)cc1Cl. The van der Waals surface area contributed by atoms with Gasteiger partial charge in [-0.15, -0.1) is 0 Å². The van der Waals surface area contributed by atoms with Gasteiger partial charge in [0.05, 0.1) is 18.2 Å². The van der Waals surface area contributed by atoms with Gasteiger partial charge >= 0.3 is 0 Å². The number of halogens is 1. The Morgan fingerprint density at radius 1 is 1.15 bits per heavy atom. The fourth-order valence-electron chi connectivity index (χ4n) is 2.75. The molecule has 0 bridgehead atoms. The summed E-state index contributed by atoms with van der Waals surface area (Å²) in [6.45, 7) is 1.80. The summed E-state index contributed by atoms with van der Waals surface area (Å²) < 4.78 is 10.6. The molecule has 1 aliphatic rings. The Labute approximate surface area is 162 Å². The molecule has 1 fully saturated rings. The Morgan fingerprint density at radius 2 is 1.78 bits per heavy atom. The van der Waals surface area contributed by atoms with Crippen LogP contribution in [0.4, 0.5) is 0 Å². The van der Waals surface area contributed by atoms with Gasteiger partial charge in [-0.25, -0.2) is 0 Å². The van der Waals surface area contributed by atoms with Gasteiger partial charge in [0.2, 0.25) is 5.85 Å². The number of hydrogen-bond acceptors (Lipinski definition) is 6. The topological polar surface area (TPSA) is 111 Å². The summed E-state index contributed by atoms with van der Waals surface area (Å²) >= 11 is 6.24. The van der Waals surface area contributed by atoms with E-state index in [1.165, 1.54) is 0 Å². The third kappa shape index (κ3) is 4.77. The molecule has 0 saturated carbocycles. The third-order valence-electron chi connectivity index (χ3n) is 4.24. The Hall–Kier alpha value is -2.16. The van der Waals surface area contributed by atoms with Crippen molar-refractivity contribution in [3.05, 3.63) is 53.1 Å². The smallest absolute Gasteiger partial charge is 0.254 e. The van der Waals surface area contributed by atoms with E-state index < -0.39 is 12.5 Å². The summed E-state index contributed by atoms with van der Waals surface area (Å²) in [5.41, 5.74) is 13.5. The zero-order valence-corrected chi connectivity index (χ0v) is 15.5. The van der Waals surface area contributed by atoms with Gasteiger partial charge in [0.25, 0.3) is 5.91 Å². The van der Waals surface area contributed by atoms with Crippen LogP contribution in [-0.4, -0.2) is 54.7 Å². The number of amides is 1. The van der Waals surface area contributed by atoms with Crippen molar-refractivity contribution in [3.63, 3.8) is 0 Å². The van der Waals surface area contributed by atoms with Gasteiger partial charge < -0.3 is 19.5 Å². The van der Waals surface area contributed by atoms with E-state index in [4.69, 9.17) is 37.6 Å². The molecule has 1 amide bonds. The minimum absolute atomic E-state index is 0.00198. The van der Waals surface area contributed by atoms with Crippen molar-refractivity contribution in [2.24, 2.45) is 11.5 Å². The average Bonchev–Trinajstić information content (AvgIpc) is 2.70. The molecule has 0 aliphatic carbocycles. The van der Waals surface area contributed by atoms with Gasteiger partial charge in [-0.3, -0.25) is 16.3 Å². The maximum atomic E-state index is 12.5. The molecule has 2 aromatic carbocycles. The van der Waals surface area contributed by atoms with E-state index in [-0.39, 0.29) is 11.7 Å². The molecule has 144 valence electrons. The molecule has 3 rings (SSSR count). The van der Waals surface area contributed by atoms with E-state index in [9.17, 15) is 4.79 Å². The van der Waals surface area contributed by atoms with Crippen LogP contribution < -0.4 is 16.2 Å². The summed E-state index contributed by atoms with van der Waals surface area (Å²) in [6, 6.07) is 12.5. The lowest BCUT2D eigenvalue weighted by molar-refractivity contribution is 0.0199. The summed E-state index contributed by atoms with van der Waals surface area (Å²) in [7, 11) is 0. The van der Waals surface area contributed by atoms with E-state index >= 15 is 0 Å². The summed E-state index contributed by atoms with van der Waals surface area (Å²) in [4.78, 5) is 14.3. The van der Waals surface area contributed by atoms with Crippen molar-refractivity contribution in [1.29, 1.82) is 0 Å². The Kier molecular flexibility index (Phi) is 5.98. The normalized spacial score (nSPS) is 14.9. The van der Waals surface area contributed by atoms with Crippen molar-refractivity contribution in [2.45, 2.75) is 5.85 Å². The number of aliphatic hydroxyl groups is 1. The highest BCUT2D eigenvalue weighted by Gasteiger charge is 2.21. The van der Waals surface area contributed by atoms with E-state index in [0.717, 1.165) is 11.1 Å². The van der Waals surface area contributed by atoms with Gasteiger partial charge in [0.15, 0.2) is 0 Å². The number of nitrogens with zero attached hydrogens (tertiary/aromatic N) is 1. The molecule has 0 spiro atoms. The maximum absolute atomic E-state index is 12.5. The van der Waals surface area contributed by atoms with Gasteiger partial charge in [-0.2, -0.15) is 0 Å². The number of rotatable bonds is 5. The quantitative estimate of drug-likeness (QED) is 0.665. The van der Waals surface area contributed by atoms with Crippen molar-refractivity contribution in [3.8, 4) is 16.9 Å². The first-order valence-electron chi connectivity index (χ1n) is 8.54. The lowest BCUT2D eigenvalue weighted by atomic mass is 10.0. The van der Waals surface area contributed by atoms with Gasteiger partial charge in [0, 0.05) is 18.7 Å². The van der Waals surface area contributed by atoms with Crippen molar-refractivity contribution in [2.75, 3.05) is 32.9 Å². The Balaban J connectivity index is 1.75. The molecule has 5 N–H and O–H groups in total. The molecule has 0 aromatic heterocycles. The molecular weight excluding hydrogens is 370 g/mol. The molecular formula is C19H22ClN3O4. The van der Waals surface area contributed by atoms with Crippen LogP contribution in [0.15, 0.2) is 42.5 Å². The predicted octanol–water partition coefficient (Wildman–Crippen LogP) is 1.42. The first-order valence-corrected chi connectivity index (χ1v) is 8.92. The molecule has 1 saturated heterocycles. The number of morpholine rings is 1. The van der Waals surface area contributed by atoms with E-state index in [0.29, 0.717) is 36.9 Å². The van der Waals surface area contributed by atoms with Crippen LogP contribution in [-0.2, 0) is 4.74 Å². The van der Waals surface area contributed by atoms with Crippen LogP contribution in [0.3, 0.4) is 0 Å². The van der Waals surface area contributed by atoms with Crippen LogP contribution in [0.1, 0.15) is 10.4 Å². The van der Waals surface area contributed by atoms with E-state index in [1.807, 2.05) is 12.1 Å². The minimum Gasteiger partial charge on any atom is -0.456 e. The maximum Gasteiger partial charge on any atom is 0.254 e. The minimum atomic E-state index is -1.70. The van der Waals surface area contributed by atoms with Gasteiger partial charge in [0.1, 0.15) is 12.4 Å².